The first-order valence-corrected chi connectivity index (χ1v) is 10.1. The normalized spacial score (nSPS) is 11.0. The largest absolute Gasteiger partial charge is 0.368 e. The third-order valence-corrected chi connectivity index (χ3v) is 5.61. The Bertz CT molecular complexity index is 1190. The van der Waals surface area contributed by atoms with E-state index in [4.69, 9.17) is 11.6 Å². The molecule has 4 aromatic rings. The van der Waals surface area contributed by atoms with E-state index >= 15 is 0 Å². The zero-order valence-corrected chi connectivity index (χ0v) is 17.4. The molecule has 0 saturated heterocycles. The van der Waals surface area contributed by atoms with Crippen molar-refractivity contribution in [3.63, 3.8) is 0 Å². The van der Waals surface area contributed by atoms with Crippen molar-refractivity contribution in [1.82, 2.24) is 29.9 Å². The molecule has 3 heterocycles. The molecule has 8 nitrogen and oxygen atoms in total. The van der Waals surface area contributed by atoms with Crippen LogP contribution in [-0.4, -0.2) is 43.6 Å². The summed E-state index contributed by atoms with van der Waals surface area (Å²) >= 11 is 7.41. The van der Waals surface area contributed by atoms with E-state index in [1.54, 1.807) is 4.52 Å². The van der Waals surface area contributed by atoms with Crippen LogP contribution in [-0.2, 0) is 0 Å². The van der Waals surface area contributed by atoms with E-state index in [1.807, 2.05) is 44.2 Å². The molecule has 4 rings (SSSR count). The molecule has 0 bridgehead atoms. The number of nitrogens with zero attached hydrogens (tertiary/aromatic N) is 5. The van der Waals surface area contributed by atoms with E-state index in [-0.39, 0.29) is 5.91 Å². The molecule has 1 amide bonds. The molecule has 0 aliphatic heterocycles. The lowest BCUT2D eigenvalue weighted by atomic mass is 10.2. The first-order chi connectivity index (χ1) is 14.0. The minimum atomic E-state index is -0.146. The van der Waals surface area contributed by atoms with Gasteiger partial charge >= 0.3 is 0 Å². The fraction of sp³-hybridized carbons (Fsp3) is 0.211. The van der Waals surface area contributed by atoms with E-state index < -0.39 is 0 Å². The van der Waals surface area contributed by atoms with Crippen LogP contribution in [0, 0.1) is 13.8 Å². The van der Waals surface area contributed by atoms with Gasteiger partial charge < -0.3 is 10.6 Å². The first kappa shape index (κ1) is 19.3. The van der Waals surface area contributed by atoms with Gasteiger partial charge in [0.1, 0.15) is 22.0 Å². The van der Waals surface area contributed by atoms with Crippen LogP contribution in [0.4, 0.5) is 5.82 Å². The Labute approximate surface area is 176 Å². The highest BCUT2D eigenvalue weighted by Gasteiger charge is 2.16. The summed E-state index contributed by atoms with van der Waals surface area (Å²) in [4.78, 5) is 26.1. The average molecular weight is 428 g/mol. The highest BCUT2D eigenvalue weighted by atomic mass is 35.5. The molecular formula is C19H18ClN7OS. The molecule has 1 aromatic carbocycles. The molecule has 148 valence electrons. The first-order valence-electron chi connectivity index (χ1n) is 8.94. The van der Waals surface area contributed by atoms with Crippen LogP contribution < -0.4 is 10.6 Å². The number of fused-ring (bicyclic) bond motifs is 1. The number of rotatable bonds is 6. The molecule has 0 radical (unpaired) electrons. The molecule has 0 aliphatic carbocycles. The van der Waals surface area contributed by atoms with Gasteiger partial charge in [0.15, 0.2) is 0 Å². The van der Waals surface area contributed by atoms with E-state index in [0.717, 1.165) is 22.1 Å². The Morgan fingerprint density at radius 2 is 2.07 bits per heavy atom. The number of nitrogens with one attached hydrogen (secondary N) is 2. The monoisotopic (exact) mass is 427 g/mol. The number of aromatic nitrogens is 5. The van der Waals surface area contributed by atoms with Crippen LogP contribution in [0.5, 0.6) is 0 Å². The molecule has 0 aliphatic rings. The fourth-order valence-electron chi connectivity index (χ4n) is 2.86. The second-order valence-electron chi connectivity index (χ2n) is 6.38. The van der Waals surface area contributed by atoms with Crippen LogP contribution in [0.1, 0.15) is 21.1 Å². The van der Waals surface area contributed by atoms with Crippen molar-refractivity contribution >= 4 is 40.4 Å². The number of thiazole rings is 1. The predicted molar refractivity (Wildman–Crippen MR) is 114 cm³/mol. The maximum absolute atomic E-state index is 12.6. The number of hydrogen-bond donors (Lipinski definition) is 2. The number of benzene rings is 1. The maximum atomic E-state index is 12.6. The Hall–Kier alpha value is -3.04. The minimum Gasteiger partial charge on any atom is -0.368 e. The summed E-state index contributed by atoms with van der Waals surface area (Å²) < 4.78 is 1.62. The molecule has 10 heteroatoms. The lowest BCUT2D eigenvalue weighted by Gasteiger charge is -2.09. The second kappa shape index (κ2) is 8.14. The SMILES string of the molecule is Cc1cc(NCCNC(=O)c2sc(-c3cccc(Cl)c3)nc2C)n2ncnc2n1. The second-order valence-corrected chi connectivity index (χ2v) is 7.82. The van der Waals surface area contributed by atoms with Gasteiger partial charge in [-0.2, -0.15) is 14.6 Å². The maximum Gasteiger partial charge on any atom is 0.263 e. The molecule has 0 saturated carbocycles. The zero-order valence-electron chi connectivity index (χ0n) is 15.8. The Balaban J connectivity index is 1.38. The Kier molecular flexibility index (Phi) is 5.41. The highest BCUT2D eigenvalue weighted by molar-refractivity contribution is 7.17. The molecule has 0 unspecified atom stereocenters. The van der Waals surface area contributed by atoms with Gasteiger partial charge in [0, 0.05) is 35.4 Å². The molecule has 0 atom stereocenters. The van der Waals surface area contributed by atoms with Crippen molar-refractivity contribution < 1.29 is 4.79 Å². The van der Waals surface area contributed by atoms with Crippen molar-refractivity contribution in [2.24, 2.45) is 0 Å². The highest BCUT2D eigenvalue weighted by Crippen LogP contribution is 2.29. The summed E-state index contributed by atoms with van der Waals surface area (Å²) in [6.07, 6.45) is 1.46. The Morgan fingerprint density at radius 3 is 2.90 bits per heavy atom. The van der Waals surface area contributed by atoms with Gasteiger partial charge in [0.05, 0.1) is 5.69 Å². The summed E-state index contributed by atoms with van der Waals surface area (Å²) in [5.74, 6) is 1.16. The van der Waals surface area contributed by atoms with Crippen LogP contribution in [0.3, 0.4) is 0 Å². The number of carbonyl (C=O) groups is 1. The molecule has 3 aromatic heterocycles. The third kappa shape index (κ3) is 4.20. The summed E-state index contributed by atoms with van der Waals surface area (Å²) in [5, 5.41) is 11.7. The summed E-state index contributed by atoms with van der Waals surface area (Å²) in [5.41, 5.74) is 2.44. The number of anilines is 1. The molecular weight excluding hydrogens is 410 g/mol. The Morgan fingerprint density at radius 1 is 1.21 bits per heavy atom. The smallest absolute Gasteiger partial charge is 0.263 e. The summed E-state index contributed by atoms with van der Waals surface area (Å²) in [7, 11) is 0. The van der Waals surface area contributed by atoms with E-state index in [9.17, 15) is 4.79 Å². The third-order valence-electron chi connectivity index (χ3n) is 4.17. The predicted octanol–water partition coefficient (Wildman–Crippen LogP) is 3.36. The molecule has 0 fully saturated rings. The lowest BCUT2D eigenvalue weighted by molar-refractivity contribution is 0.0958. The van der Waals surface area contributed by atoms with Crippen LogP contribution in [0.25, 0.3) is 16.3 Å². The number of halogens is 1. The number of amides is 1. The van der Waals surface area contributed by atoms with Gasteiger partial charge in [-0.15, -0.1) is 11.3 Å². The minimum absolute atomic E-state index is 0.146. The van der Waals surface area contributed by atoms with Gasteiger partial charge in [0.25, 0.3) is 11.7 Å². The van der Waals surface area contributed by atoms with E-state index in [0.29, 0.717) is 34.5 Å². The molecule has 0 spiro atoms. The number of hydrogen-bond acceptors (Lipinski definition) is 7. The summed E-state index contributed by atoms with van der Waals surface area (Å²) in [6, 6.07) is 9.33. The van der Waals surface area contributed by atoms with Gasteiger partial charge in [-0.1, -0.05) is 23.7 Å². The standard InChI is InChI=1S/C19H18ClN7OS/c1-11-8-15(27-19(25-11)23-10-24-27)21-6-7-22-17(28)16-12(2)26-18(29-16)13-4-3-5-14(20)9-13/h3-5,8-10,21H,6-7H2,1-2H3,(H,22,28). The topological polar surface area (TPSA) is 97.1 Å². The van der Waals surface area contributed by atoms with Crippen molar-refractivity contribution in [2.75, 3.05) is 18.4 Å². The zero-order chi connectivity index (χ0) is 20.4. The molecule has 2 N–H and O–H groups in total. The van der Waals surface area contributed by atoms with Gasteiger partial charge in [-0.05, 0) is 26.0 Å². The van der Waals surface area contributed by atoms with Crippen LogP contribution >= 0.6 is 22.9 Å². The fourth-order valence-corrected chi connectivity index (χ4v) is 4.02. The number of carbonyl (C=O) groups excluding carboxylic acids is 1. The van der Waals surface area contributed by atoms with E-state index in [1.165, 1.54) is 17.7 Å². The number of aryl methyl sites for hydroxylation is 2. The van der Waals surface area contributed by atoms with Crippen LogP contribution in [0.2, 0.25) is 5.02 Å². The quantitative estimate of drug-likeness (QED) is 0.458. The van der Waals surface area contributed by atoms with Crippen molar-refractivity contribution in [3.8, 4) is 10.6 Å². The van der Waals surface area contributed by atoms with Crippen molar-refractivity contribution in [3.05, 3.63) is 57.9 Å². The van der Waals surface area contributed by atoms with Crippen LogP contribution in [0.15, 0.2) is 36.7 Å². The van der Waals surface area contributed by atoms with Crippen molar-refractivity contribution in [2.45, 2.75) is 13.8 Å². The van der Waals surface area contributed by atoms with Gasteiger partial charge in [-0.3, -0.25) is 4.79 Å². The van der Waals surface area contributed by atoms with Gasteiger partial charge in [0.2, 0.25) is 0 Å². The average Bonchev–Trinajstić information content (AvgIpc) is 3.31. The molecule has 29 heavy (non-hydrogen) atoms. The van der Waals surface area contributed by atoms with E-state index in [2.05, 4.69) is 30.7 Å². The summed E-state index contributed by atoms with van der Waals surface area (Å²) in [6.45, 7) is 4.70. The van der Waals surface area contributed by atoms with Gasteiger partial charge in [-0.25, -0.2) is 9.97 Å². The van der Waals surface area contributed by atoms with Crippen molar-refractivity contribution in [1.29, 1.82) is 0 Å². The lowest BCUT2D eigenvalue weighted by Crippen LogP contribution is -2.29.